The van der Waals surface area contributed by atoms with E-state index in [1.165, 1.54) is 6.07 Å². The molecule has 0 saturated carbocycles. The SMILES string of the molecule is CC(C)CNc1ccc([N+](=O)[O-])c(Br)c1. The van der Waals surface area contributed by atoms with Crippen molar-refractivity contribution in [3.8, 4) is 0 Å². The van der Waals surface area contributed by atoms with Gasteiger partial charge in [-0.05, 0) is 34.0 Å². The smallest absolute Gasteiger partial charge is 0.283 e. The number of hydrogen-bond donors (Lipinski definition) is 1. The summed E-state index contributed by atoms with van der Waals surface area (Å²) in [6.45, 7) is 5.06. The Bertz CT molecular complexity index is 366. The van der Waals surface area contributed by atoms with Crippen molar-refractivity contribution >= 4 is 27.3 Å². The van der Waals surface area contributed by atoms with E-state index in [0.717, 1.165) is 12.2 Å². The van der Waals surface area contributed by atoms with Crippen LogP contribution in [0.25, 0.3) is 0 Å². The third kappa shape index (κ3) is 3.51. The van der Waals surface area contributed by atoms with Gasteiger partial charge in [-0.1, -0.05) is 13.8 Å². The van der Waals surface area contributed by atoms with Crippen molar-refractivity contribution in [1.29, 1.82) is 0 Å². The fourth-order valence-corrected chi connectivity index (χ4v) is 1.61. The van der Waals surface area contributed by atoms with Crippen LogP contribution in [0, 0.1) is 16.0 Å². The van der Waals surface area contributed by atoms with Gasteiger partial charge in [0.2, 0.25) is 0 Å². The van der Waals surface area contributed by atoms with Gasteiger partial charge in [0.05, 0.1) is 9.40 Å². The molecule has 1 aromatic carbocycles. The first-order valence-corrected chi connectivity index (χ1v) is 5.48. The van der Waals surface area contributed by atoms with Crippen molar-refractivity contribution in [3.05, 3.63) is 32.8 Å². The van der Waals surface area contributed by atoms with Gasteiger partial charge in [-0.2, -0.15) is 0 Å². The van der Waals surface area contributed by atoms with Crippen LogP contribution in [0.5, 0.6) is 0 Å². The van der Waals surface area contributed by atoms with Gasteiger partial charge in [-0.3, -0.25) is 10.1 Å². The Morgan fingerprint density at radius 3 is 2.67 bits per heavy atom. The lowest BCUT2D eigenvalue weighted by molar-refractivity contribution is -0.385. The Labute approximate surface area is 97.0 Å². The van der Waals surface area contributed by atoms with Gasteiger partial charge in [0.25, 0.3) is 5.69 Å². The minimum atomic E-state index is -0.406. The standard InChI is InChI=1S/C10H13BrN2O2/c1-7(2)6-12-8-3-4-10(13(14)15)9(11)5-8/h3-5,7,12H,6H2,1-2H3. The number of halogens is 1. The van der Waals surface area contributed by atoms with E-state index < -0.39 is 4.92 Å². The zero-order chi connectivity index (χ0) is 11.4. The number of benzene rings is 1. The second-order valence-electron chi connectivity index (χ2n) is 3.70. The highest BCUT2D eigenvalue weighted by molar-refractivity contribution is 9.10. The highest BCUT2D eigenvalue weighted by Crippen LogP contribution is 2.27. The van der Waals surface area contributed by atoms with Crippen molar-refractivity contribution in [3.63, 3.8) is 0 Å². The van der Waals surface area contributed by atoms with E-state index in [2.05, 4.69) is 35.1 Å². The van der Waals surface area contributed by atoms with Gasteiger partial charge in [0.15, 0.2) is 0 Å². The monoisotopic (exact) mass is 272 g/mol. The molecule has 0 aliphatic carbocycles. The summed E-state index contributed by atoms with van der Waals surface area (Å²) < 4.78 is 0.501. The molecule has 0 saturated heterocycles. The Kier molecular flexibility index (Phi) is 4.08. The van der Waals surface area contributed by atoms with E-state index in [1.54, 1.807) is 12.1 Å². The summed E-state index contributed by atoms with van der Waals surface area (Å²) in [7, 11) is 0. The van der Waals surface area contributed by atoms with E-state index in [-0.39, 0.29) is 5.69 Å². The second-order valence-corrected chi connectivity index (χ2v) is 4.55. The average molecular weight is 273 g/mol. The number of nitrogens with one attached hydrogen (secondary N) is 1. The van der Waals surface area contributed by atoms with E-state index in [1.807, 2.05) is 0 Å². The van der Waals surface area contributed by atoms with Gasteiger partial charge < -0.3 is 5.32 Å². The lowest BCUT2D eigenvalue weighted by atomic mass is 10.2. The fraction of sp³-hybridized carbons (Fsp3) is 0.400. The molecule has 5 heteroatoms. The van der Waals surface area contributed by atoms with Crippen LogP contribution < -0.4 is 5.32 Å². The molecule has 0 aliphatic rings. The summed E-state index contributed by atoms with van der Waals surface area (Å²) in [6, 6.07) is 4.93. The van der Waals surface area contributed by atoms with Crippen LogP contribution in [-0.2, 0) is 0 Å². The number of nitro benzene ring substituents is 1. The number of nitrogens with zero attached hydrogens (tertiary/aromatic N) is 1. The first-order chi connectivity index (χ1) is 7.00. The summed E-state index contributed by atoms with van der Waals surface area (Å²) in [5.74, 6) is 0.541. The number of nitro groups is 1. The van der Waals surface area contributed by atoms with Crippen LogP contribution in [0.1, 0.15) is 13.8 Å². The molecular weight excluding hydrogens is 260 g/mol. The molecule has 0 bridgehead atoms. The predicted molar refractivity (Wildman–Crippen MR) is 64.1 cm³/mol. The maximum absolute atomic E-state index is 10.6. The lowest BCUT2D eigenvalue weighted by Gasteiger charge is -2.08. The molecule has 4 nitrogen and oxygen atoms in total. The number of rotatable bonds is 4. The molecule has 1 N–H and O–H groups in total. The van der Waals surface area contributed by atoms with E-state index in [4.69, 9.17) is 0 Å². The highest BCUT2D eigenvalue weighted by Gasteiger charge is 2.11. The Hall–Kier alpha value is -1.10. The van der Waals surface area contributed by atoms with Crippen LogP contribution in [0.15, 0.2) is 22.7 Å². The molecule has 15 heavy (non-hydrogen) atoms. The molecule has 0 radical (unpaired) electrons. The molecule has 0 unspecified atom stereocenters. The molecule has 0 aromatic heterocycles. The highest BCUT2D eigenvalue weighted by atomic mass is 79.9. The lowest BCUT2D eigenvalue weighted by Crippen LogP contribution is -2.07. The minimum Gasteiger partial charge on any atom is -0.385 e. The van der Waals surface area contributed by atoms with Crippen LogP contribution in [0.3, 0.4) is 0 Å². The van der Waals surface area contributed by atoms with E-state index in [9.17, 15) is 10.1 Å². The normalized spacial score (nSPS) is 10.4. The van der Waals surface area contributed by atoms with Crippen molar-refractivity contribution in [1.82, 2.24) is 0 Å². The quantitative estimate of drug-likeness (QED) is 0.675. The Morgan fingerprint density at radius 2 is 2.20 bits per heavy atom. The van der Waals surface area contributed by atoms with Gasteiger partial charge in [0, 0.05) is 18.3 Å². The molecule has 0 heterocycles. The van der Waals surface area contributed by atoms with Crippen LogP contribution in [0.2, 0.25) is 0 Å². The third-order valence-corrected chi connectivity index (χ3v) is 2.49. The van der Waals surface area contributed by atoms with Crippen LogP contribution >= 0.6 is 15.9 Å². The maximum Gasteiger partial charge on any atom is 0.283 e. The Balaban J connectivity index is 2.78. The summed E-state index contributed by atoms with van der Waals surface area (Å²) in [5.41, 5.74) is 0.978. The van der Waals surface area contributed by atoms with E-state index >= 15 is 0 Å². The summed E-state index contributed by atoms with van der Waals surface area (Å²) in [6.07, 6.45) is 0. The van der Waals surface area contributed by atoms with Crippen molar-refractivity contribution in [2.75, 3.05) is 11.9 Å². The molecule has 0 aliphatic heterocycles. The molecule has 1 rings (SSSR count). The Morgan fingerprint density at radius 1 is 1.53 bits per heavy atom. The van der Waals surface area contributed by atoms with Crippen molar-refractivity contribution < 1.29 is 4.92 Å². The molecular formula is C10H13BrN2O2. The first-order valence-electron chi connectivity index (χ1n) is 4.68. The van der Waals surface area contributed by atoms with Gasteiger partial charge in [0.1, 0.15) is 0 Å². The summed E-state index contributed by atoms with van der Waals surface area (Å²) >= 11 is 3.17. The number of anilines is 1. The molecule has 0 amide bonds. The molecule has 0 atom stereocenters. The van der Waals surface area contributed by atoms with Crippen molar-refractivity contribution in [2.24, 2.45) is 5.92 Å². The maximum atomic E-state index is 10.6. The topological polar surface area (TPSA) is 55.2 Å². The zero-order valence-corrected chi connectivity index (χ0v) is 10.2. The fourth-order valence-electron chi connectivity index (χ4n) is 1.09. The summed E-state index contributed by atoms with van der Waals surface area (Å²) in [4.78, 5) is 10.1. The predicted octanol–water partition coefficient (Wildman–Crippen LogP) is 3.43. The number of hydrogen-bond acceptors (Lipinski definition) is 3. The third-order valence-electron chi connectivity index (χ3n) is 1.86. The van der Waals surface area contributed by atoms with E-state index in [0.29, 0.717) is 10.4 Å². The molecule has 0 fully saturated rings. The van der Waals surface area contributed by atoms with Crippen LogP contribution in [-0.4, -0.2) is 11.5 Å². The van der Waals surface area contributed by atoms with Gasteiger partial charge in [-0.15, -0.1) is 0 Å². The largest absolute Gasteiger partial charge is 0.385 e. The minimum absolute atomic E-state index is 0.0881. The molecule has 1 aromatic rings. The molecule has 82 valence electrons. The van der Waals surface area contributed by atoms with Gasteiger partial charge >= 0.3 is 0 Å². The van der Waals surface area contributed by atoms with Gasteiger partial charge in [-0.25, -0.2) is 0 Å². The zero-order valence-electron chi connectivity index (χ0n) is 8.66. The second kappa shape index (κ2) is 5.11. The molecule has 0 spiro atoms. The summed E-state index contributed by atoms with van der Waals surface area (Å²) in [5, 5.41) is 13.8. The van der Waals surface area contributed by atoms with Crippen LogP contribution in [0.4, 0.5) is 11.4 Å². The first kappa shape index (κ1) is 12.0. The average Bonchev–Trinajstić information content (AvgIpc) is 2.14. The van der Waals surface area contributed by atoms with Crippen molar-refractivity contribution in [2.45, 2.75) is 13.8 Å².